The topological polar surface area (TPSA) is 66.8 Å². The summed E-state index contributed by atoms with van der Waals surface area (Å²) in [7, 11) is 1.59. The normalized spacial score (nSPS) is 12.2. The summed E-state index contributed by atoms with van der Waals surface area (Å²) in [6.07, 6.45) is -0.548. The van der Waals surface area contributed by atoms with Crippen molar-refractivity contribution in [3.8, 4) is 5.75 Å². The minimum Gasteiger partial charge on any atom is -0.496 e. The predicted octanol–water partition coefficient (Wildman–Crippen LogP) is 1.90. The predicted molar refractivity (Wildman–Crippen MR) is 59.6 cm³/mol. The number of carboxylic acids is 1. The standard InChI is InChI=1S/C12H16O4/c1-8-7-9(3-5-11(8)16-2)10(13)4-6-12(14)15/h3,5,7,10,13H,4,6H2,1-2H3,(H,14,15)/t10-/m1/s1. The number of benzene rings is 1. The third-order valence-corrected chi connectivity index (χ3v) is 2.44. The van der Waals surface area contributed by atoms with E-state index in [2.05, 4.69) is 0 Å². The summed E-state index contributed by atoms with van der Waals surface area (Å²) in [5.74, 6) is -0.140. The molecule has 0 saturated heterocycles. The quantitative estimate of drug-likeness (QED) is 0.801. The number of carboxylic acid groups (broad SMARTS) is 1. The molecule has 0 aliphatic rings. The van der Waals surface area contributed by atoms with Crippen LogP contribution in [0.1, 0.15) is 30.1 Å². The molecule has 4 heteroatoms. The minimum absolute atomic E-state index is 0.0355. The van der Waals surface area contributed by atoms with Crippen molar-refractivity contribution in [2.45, 2.75) is 25.9 Å². The summed E-state index contributed by atoms with van der Waals surface area (Å²) in [4.78, 5) is 10.4. The number of carbonyl (C=O) groups is 1. The van der Waals surface area contributed by atoms with Gasteiger partial charge in [-0.3, -0.25) is 4.79 Å². The van der Waals surface area contributed by atoms with E-state index in [1.165, 1.54) is 0 Å². The van der Waals surface area contributed by atoms with Crippen molar-refractivity contribution < 1.29 is 19.7 Å². The van der Waals surface area contributed by atoms with E-state index in [1.54, 1.807) is 19.2 Å². The molecular weight excluding hydrogens is 208 g/mol. The van der Waals surface area contributed by atoms with E-state index >= 15 is 0 Å². The van der Waals surface area contributed by atoms with Gasteiger partial charge in [0.15, 0.2) is 0 Å². The molecular formula is C12H16O4. The molecule has 1 rings (SSSR count). The molecule has 4 nitrogen and oxygen atoms in total. The Bertz CT molecular complexity index is 373. The van der Waals surface area contributed by atoms with Crippen molar-refractivity contribution in [3.05, 3.63) is 29.3 Å². The molecule has 1 aromatic carbocycles. The molecule has 0 aliphatic heterocycles. The van der Waals surface area contributed by atoms with Crippen molar-refractivity contribution in [3.63, 3.8) is 0 Å². The van der Waals surface area contributed by atoms with E-state index in [9.17, 15) is 9.90 Å². The zero-order valence-electron chi connectivity index (χ0n) is 9.43. The molecule has 16 heavy (non-hydrogen) atoms. The van der Waals surface area contributed by atoms with Gasteiger partial charge in [-0.25, -0.2) is 0 Å². The zero-order chi connectivity index (χ0) is 12.1. The van der Waals surface area contributed by atoms with Gasteiger partial charge in [-0.15, -0.1) is 0 Å². The molecule has 0 spiro atoms. The summed E-state index contributed by atoms with van der Waals surface area (Å²) in [5, 5.41) is 18.3. The van der Waals surface area contributed by atoms with Gasteiger partial charge in [-0.05, 0) is 36.6 Å². The second-order valence-corrected chi connectivity index (χ2v) is 3.68. The smallest absolute Gasteiger partial charge is 0.303 e. The first-order valence-corrected chi connectivity index (χ1v) is 5.09. The van der Waals surface area contributed by atoms with E-state index in [1.807, 2.05) is 13.0 Å². The second-order valence-electron chi connectivity index (χ2n) is 3.68. The average molecular weight is 224 g/mol. The Morgan fingerprint density at radius 3 is 2.69 bits per heavy atom. The van der Waals surface area contributed by atoms with Gasteiger partial charge in [0.1, 0.15) is 5.75 Å². The largest absolute Gasteiger partial charge is 0.496 e. The van der Waals surface area contributed by atoms with E-state index in [-0.39, 0.29) is 12.8 Å². The van der Waals surface area contributed by atoms with Crippen molar-refractivity contribution in [2.24, 2.45) is 0 Å². The molecule has 0 heterocycles. The minimum atomic E-state index is -0.899. The molecule has 0 amide bonds. The van der Waals surface area contributed by atoms with Gasteiger partial charge in [0.2, 0.25) is 0 Å². The molecule has 1 atom stereocenters. The second kappa shape index (κ2) is 5.51. The first-order chi connectivity index (χ1) is 7.54. The lowest BCUT2D eigenvalue weighted by atomic mass is 10.0. The maximum Gasteiger partial charge on any atom is 0.303 e. The monoisotopic (exact) mass is 224 g/mol. The summed E-state index contributed by atoms with van der Waals surface area (Å²) in [6, 6.07) is 5.33. The summed E-state index contributed by atoms with van der Waals surface area (Å²) in [5.41, 5.74) is 1.65. The Balaban J connectivity index is 2.72. The van der Waals surface area contributed by atoms with Gasteiger partial charge in [0, 0.05) is 6.42 Å². The van der Waals surface area contributed by atoms with Crippen molar-refractivity contribution >= 4 is 5.97 Å². The summed E-state index contributed by atoms with van der Waals surface area (Å²) < 4.78 is 5.10. The van der Waals surface area contributed by atoms with Crippen molar-refractivity contribution in [1.29, 1.82) is 0 Å². The SMILES string of the molecule is COc1ccc([C@H](O)CCC(=O)O)cc1C. The molecule has 2 N–H and O–H groups in total. The lowest BCUT2D eigenvalue weighted by Crippen LogP contribution is -2.03. The molecule has 0 fully saturated rings. The van der Waals surface area contributed by atoms with Gasteiger partial charge in [-0.1, -0.05) is 6.07 Å². The molecule has 0 aliphatic carbocycles. The van der Waals surface area contributed by atoms with Gasteiger partial charge in [0.25, 0.3) is 0 Å². The number of aryl methyl sites for hydroxylation is 1. The van der Waals surface area contributed by atoms with Crippen LogP contribution in [0.5, 0.6) is 5.75 Å². The number of hydrogen-bond acceptors (Lipinski definition) is 3. The van der Waals surface area contributed by atoms with Crippen LogP contribution in [0.15, 0.2) is 18.2 Å². The third kappa shape index (κ3) is 3.24. The highest BCUT2D eigenvalue weighted by atomic mass is 16.5. The van der Waals surface area contributed by atoms with E-state index < -0.39 is 12.1 Å². The van der Waals surface area contributed by atoms with Crippen LogP contribution < -0.4 is 4.74 Å². The maximum absolute atomic E-state index is 10.4. The van der Waals surface area contributed by atoms with Gasteiger partial charge in [-0.2, -0.15) is 0 Å². The third-order valence-electron chi connectivity index (χ3n) is 2.44. The number of hydrogen-bond donors (Lipinski definition) is 2. The van der Waals surface area contributed by atoms with Crippen LogP contribution in [0.4, 0.5) is 0 Å². The Morgan fingerprint density at radius 1 is 1.50 bits per heavy atom. The van der Waals surface area contributed by atoms with Gasteiger partial charge >= 0.3 is 5.97 Å². The number of methoxy groups -OCH3 is 1. The molecule has 1 aromatic rings. The fourth-order valence-corrected chi connectivity index (χ4v) is 1.54. The highest BCUT2D eigenvalue weighted by Crippen LogP contribution is 2.24. The Labute approximate surface area is 94.5 Å². The number of rotatable bonds is 5. The highest BCUT2D eigenvalue weighted by molar-refractivity contribution is 5.66. The van der Waals surface area contributed by atoms with Gasteiger partial charge < -0.3 is 14.9 Å². The fourth-order valence-electron chi connectivity index (χ4n) is 1.54. The summed E-state index contributed by atoms with van der Waals surface area (Å²) in [6.45, 7) is 1.88. The number of aliphatic hydroxyl groups is 1. The van der Waals surface area contributed by atoms with E-state index in [0.29, 0.717) is 0 Å². The number of aliphatic hydroxyl groups excluding tert-OH is 1. The van der Waals surface area contributed by atoms with Crippen LogP contribution in [0.2, 0.25) is 0 Å². The average Bonchev–Trinajstić information content (AvgIpc) is 2.25. The fraction of sp³-hybridized carbons (Fsp3) is 0.417. The van der Waals surface area contributed by atoms with Gasteiger partial charge in [0.05, 0.1) is 13.2 Å². The van der Waals surface area contributed by atoms with Crippen LogP contribution in [0, 0.1) is 6.92 Å². The molecule has 0 unspecified atom stereocenters. The molecule has 0 bridgehead atoms. The van der Waals surface area contributed by atoms with Crippen molar-refractivity contribution in [2.75, 3.05) is 7.11 Å². The zero-order valence-corrected chi connectivity index (χ0v) is 9.43. The van der Waals surface area contributed by atoms with Crippen LogP contribution in [-0.4, -0.2) is 23.3 Å². The maximum atomic E-state index is 10.4. The lowest BCUT2D eigenvalue weighted by molar-refractivity contribution is -0.137. The molecule has 0 radical (unpaired) electrons. The Hall–Kier alpha value is -1.55. The molecule has 0 aromatic heterocycles. The Kier molecular flexibility index (Phi) is 4.31. The van der Waals surface area contributed by atoms with Crippen molar-refractivity contribution in [1.82, 2.24) is 0 Å². The van der Waals surface area contributed by atoms with Crippen LogP contribution >= 0.6 is 0 Å². The first kappa shape index (κ1) is 12.5. The lowest BCUT2D eigenvalue weighted by Gasteiger charge is -2.12. The molecule has 0 saturated carbocycles. The van der Waals surface area contributed by atoms with E-state index in [0.717, 1.165) is 16.9 Å². The number of aliphatic carboxylic acids is 1. The number of ether oxygens (including phenoxy) is 1. The van der Waals surface area contributed by atoms with Crippen LogP contribution in [0.25, 0.3) is 0 Å². The van der Waals surface area contributed by atoms with E-state index in [4.69, 9.17) is 9.84 Å². The van der Waals surface area contributed by atoms with Crippen LogP contribution in [0.3, 0.4) is 0 Å². The Morgan fingerprint density at radius 2 is 2.19 bits per heavy atom. The summed E-state index contributed by atoms with van der Waals surface area (Å²) >= 11 is 0. The highest BCUT2D eigenvalue weighted by Gasteiger charge is 2.11. The molecule has 88 valence electrons. The first-order valence-electron chi connectivity index (χ1n) is 5.09. The van der Waals surface area contributed by atoms with Crippen LogP contribution in [-0.2, 0) is 4.79 Å².